The van der Waals surface area contributed by atoms with Crippen molar-refractivity contribution in [2.75, 3.05) is 18.1 Å². The smallest absolute Gasteiger partial charge is 0.408 e. The number of sulfone groups is 1. The number of carbonyl (C=O) groups excluding carboxylic acids is 3. The highest BCUT2D eigenvalue weighted by Gasteiger charge is 2.29. The maximum absolute atomic E-state index is 12.3. The standard InChI is InChI=1S/C18H33NO8S/c1-8-28(23,24)12-11-25-14(20)10-9-13(15(21)26-17(2,3)4)19-16(22)27-18(5,6)7/h13H,8-12H2,1-7H3,(H,19,22)/t13-/m0/s1. The molecule has 0 aliphatic rings. The van der Waals surface area contributed by atoms with Crippen LogP contribution >= 0.6 is 0 Å². The lowest BCUT2D eigenvalue weighted by Crippen LogP contribution is -2.46. The van der Waals surface area contributed by atoms with Crippen LogP contribution in [0, 0.1) is 0 Å². The number of ether oxygens (including phenoxy) is 3. The summed E-state index contributed by atoms with van der Waals surface area (Å²) in [5.74, 6) is -1.68. The molecule has 1 amide bonds. The van der Waals surface area contributed by atoms with Gasteiger partial charge in [0.2, 0.25) is 0 Å². The third-order valence-corrected chi connectivity index (χ3v) is 4.78. The molecule has 28 heavy (non-hydrogen) atoms. The molecule has 1 atom stereocenters. The molecule has 0 unspecified atom stereocenters. The van der Waals surface area contributed by atoms with Crippen LogP contribution in [0.25, 0.3) is 0 Å². The number of hydrogen-bond acceptors (Lipinski definition) is 8. The van der Waals surface area contributed by atoms with Crippen LogP contribution in [0.4, 0.5) is 4.79 Å². The van der Waals surface area contributed by atoms with E-state index in [1.165, 1.54) is 6.92 Å². The van der Waals surface area contributed by atoms with Gasteiger partial charge in [0.1, 0.15) is 23.9 Å². The monoisotopic (exact) mass is 423 g/mol. The van der Waals surface area contributed by atoms with Gasteiger partial charge in [-0.1, -0.05) is 6.92 Å². The van der Waals surface area contributed by atoms with Crippen LogP contribution in [0.5, 0.6) is 0 Å². The molecule has 0 fully saturated rings. The zero-order valence-electron chi connectivity index (χ0n) is 17.8. The molecule has 0 aromatic heterocycles. The Morgan fingerprint density at radius 1 is 0.964 bits per heavy atom. The quantitative estimate of drug-likeness (QED) is 0.441. The fourth-order valence-electron chi connectivity index (χ4n) is 1.83. The first-order valence-corrected chi connectivity index (χ1v) is 10.9. The lowest BCUT2D eigenvalue weighted by Gasteiger charge is -2.26. The average Bonchev–Trinajstić information content (AvgIpc) is 2.47. The zero-order valence-corrected chi connectivity index (χ0v) is 18.6. The molecule has 0 saturated carbocycles. The van der Waals surface area contributed by atoms with Crippen LogP contribution in [0.15, 0.2) is 0 Å². The molecule has 9 nitrogen and oxygen atoms in total. The number of esters is 2. The highest BCUT2D eigenvalue weighted by Crippen LogP contribution is 2.13. The largest absolute Gasteiger partial charge is 0.465 e. The molecular formula is C18H33NO8S. The molecular weight excluding hydrogens is 390 g/mol. The summed E-state index contributed by atoms with van der Waals surface area (Å²) in [5, 5.41) is 2.40. The number of amides is 1. The van der Waals surface area contributed by atoms with Gasteiger partial charge in [0.25, 0.3) is 0 Å². The maximum atomic E-state index is 12.3. The van der Waals surface area contributed by atoms with E-state index in [1.54, 1.807) is 41.5 Å². The summed E-state index contributed by atoms with van der Waals surface area (Å²) in [6, 6.07) is -1.11. The first kappa shape index (κ1) is 26.2. The van der Waals surface area contributed by atoms with Gasteiger partial charge in [0.15, 0.2) is 9.84 Å². The summed E-state index contributed by atoms with van der Waals surface area (Å²) in [6.07, 6.45) is -1.09. The minimum absolute atomic E-state index is 0.0366. The number of alkyl carbamates (subject to hydrolysis) is 1. The molecule has 0 rings (SSSR count). The van der Waals surface area contributed by atoms with Crippen LogP contribution < -0.4 is 5.32 Å². The predicted octanol–water partition coefficient (Wildman–Crippen LogP) is 1.98. The van der Waals surface area contributed by atoms with Gasteiger partial charge in [-0.05, 0) is 48.0 Å². The van der Waals surface area contributed by atoms with E-state index in [0.29, 0.717) is 0 Å². The van der Waals surface area contributed by atoms with Crippen LogP contribution in [0.3, 0.4) is 0 Å². The molecule has 0 spiro atoms. The highest BCUT2D eigenvalue weighted by molar-refractivity contribution is 7.91. The lowest BCUT2D eigenvalue weighted by molar-refractivity contribution is -0.157. The van der Waals surface area contributed by atoms with Gasteiger partial charge in [-0.15, -0.1) is 0 Å². The van der Waals surface area contributed by atoms with Crippen molar-refractivity contribution in [2.45, 2.75) is 78.6 Å². The Kier molecular flexibility index (Phi) is 9.94. The Hall–Kier alpha value is -1.84. The SMILES string of the molecule is CCS(=O)(=O)CCOC(=O)CC[C@H](NC(=O)OC(C)(C)C)C(=O)OC(C)(C)C. The summed E-state index contributed by atoms with van der Waals surface area (Å²) in [5.41, 5.74) is -1.54. The first-order chi connectivity index (χ1) is 12.5. The Morgan fingerprint density at radius 2 is 1.50 bits per heavy atom. The number of nitrogens with one attached hydrogen (secondary N) is 1. The molecule has 0 saturated heterocycles. The van der Waals surface area contributed by atoms with Crippen molar-refractivity contribution < 1.29 is 37.0 Å². The number of carbonyl (C=O) groups is 3. The van der Waals surface area contributed by atoms with E-state index in [2.05, 4.69) is 5.32 Å². The van der Waals surface area contributed by atoms with Crippen molar-refractivity contribution >= 4 is 27.9 Å². The van der Waals surface area contributed by atoms with Crippen molar-refractivity contribution in [3.05, 3.63) is 0 Å². The van der Waals surface area contributed by atoms with Crippen molar-refractivity contribution in [1.82, 2.24) is 5.32 Å². The van der Waals surface area contributed by atoms with E-state index in [1.807, 2.05) is 0 Å². The highest BCUT2D eigenvalue weighted by atomic mass is 32.2. The van der Waals surface area contributed by atoms with Crippen LogP contribution in [-0.4, -0.2) is 61.8 Å². The van der Waals surface area contributed by atoms with Gasteiger partial charge in [-0.3, -0.25) is 4.79 Å². The zero-order chi connectivity index (χ0) is 22.2. The molecule has 0 heterocycles. The van der Waals surface area contributed by atoms with E-state index in [9.17, 15) is 22.8 Å². The lowest BCUT2D eigenvalue weighted by atomic mass is 10.1. The second-order valence-electron chi connectivity index (χ2n) is 8.23. The third kappa shape index (κ3) is 13.3. The normalized spacial score (nSPS) is 13.4. The summed E-state index contributed by atoms with van der Waals surface area (Å²) in [4.78, 5) is 36.1. The molecule has 0 aliphatic heterocycles. The van der Waals surface area contributed by atoms with Gasteiger partial charge in [-0.2, -0.15) is 0 Å². The van der Waals surface area contributed by atoms with E-state index in [-0.39, 0.29) is 31.0 Å². The summed E-state index contributed by atoms with van der Waals surface area (Å²) in [6.45, 7) is 11.3. The fourth-order valence-corrected chi connectivity index (χ4v) is 2.46. The molecule has 1 N–H and O–H groups in total. The van der Waals surface area contributed by atoms with Crippen LogP contribution in [0.1, 0.15) is 61.3 Å². The van der Waals surface area contributed by atoms with Gasteiger partial charge < -0.3 is 19.5 Å². The van der Waals surface area contributed by atoms with Gasteiger partial charge in [0.05, 0.1) is 5.75 Å². The van der Waals surface area contributed by atoms with E-state index >= 15 is 0 Å². The Bertz CT molecular complexity index is 643. The summed E-state index contributed by atoms with van der Waals surface area (Å²) >= 11 is 0. The van der Waals surface area contributed by atoms with Gasteiger partial charge in [0, 0.05) is 12.2 Å². The van der Waals surface area contributed by atoms with E-state index in [0.717, 1.165) is 0 Å². The Morgan fingerprint density at radius 3 is 1.96 bits per heavy atom. The second-order valence-corrected chi connectivity index (χ2v) is 10.7. The maximum Gasteiger partial charge on any atom is 0.408 e. The fraction of sp³-hybridized carbons (Fsp3) is 0.833. The minimum atomic E-state index is -3.24. The molecule has 10 heteroatoms. The number of rotatable bonds is 9. The van der Waals surface area contributed by atoms with Crippen molar-refractivity contribution in [3.63, 3.8) is 0 Å². The first-order valence-electron chi connectivity index (χ1n) is 9.13. The summed E-state index contributed by atoms with van der Waals surface area (Å²) < 4.78 is 38.1. The number of hydrogen-bond donors (Lipinski definition) is 1. The topological polar surface area (TPSA) is 125 Å². The van der Waals surface area contributed by atoms with Crippen molar-refractivity contribution in [1.29, 1.82) is 0 Å². The van der Waals surface area contributed by atoms with Crippen LogP contribution in [0.2, 0.25) is 0 Å². The minimum Gasteiger partial charge on any atom is -0.465 e. The molecule has 0 aromatic rings. The molecule has 0 aliphatic carbocycles. The van der Waals surface area contributed by atoms with E-state index in [4.69, 9.17) is 14.2 Å². The van der Waals surface area contributed by atoms with E-state index < -0.39 is 45.1 Å². The van der Waals surface area contributed by atoms with Crippen LogP contribution in [-0.2, 0) is 33.6 Å². The van der Waals surface area contributed by atoms with Gasteiger partial charge >= 0.3 is 18.0 Å². The molecule has 0 bridgehead atoms. The second kappa shape index (κ2) is 10.6. The summed E-state index contributed by atoms with van der Waals surface area (Å²) in [7, 11) is -3.24. The van der Waals surface area contributed by atoms with Crippen molar-refractivity contribution in [3.8, 4) is 0 Å². The van der Waals surface area contributed by atoms with Crippen molar-refractivity contribution in [2.24, 2.45) is 0 Å². The predicted molar refractivity (Wildman–Crippen MR) is 104 cm³/mol. The Balaban J connectivity index is 4.81. The molecule has 0 radical (unpaired) electrons. The van der Waals surface area contributed by atoms with Gasteiger partial charge in [-0.25, -0.2) is 18.0 Å². The molecule has 164 valence electrons. The Labute approximate surface area is 167 Å². The third-order valence-electron chi connectivity index (χ3n) is 3.12. The molecule has 0 aromatic carbocycles. The average molecular weight is 424 g/mol.